The van der Waals surface area contributed by atoms with Gasteiger partial charge in [-0.1, -0.05) is 42.8 Å². The third-order valence-corrected chi connectivity index (χ3v) is 4.75. The number of nitrogens with zero attached hydrogens (tertiary/aromatic N) is 2. The van der Waals surface area contributed by atoms with E-state index in [1.165, 1.54) is 6.08 Å². The number of hydrogen-bond acceptors (Lipinski definition) is 6. The van der Waals surface area contributed by atoms with Crippen LogP contribution < -0.4 is 4.74 Å². The highest BCUT2D eigenvalue weighted by molar-refractivity contribution is 8.03. The fourth-order valence-electron chi connectivity index (χ4n) is 2.25. The lowest BCUT2D eigenvalue weighted by molar-refractivity contribution is -0.131. The SMILES string of the molecule is CCCOc1ccc(/C=C(/Sc2nnc(-c3ccccc3Cl)o2)C(=O)O)cc1. The summed E-state index contributed by atoms with van der Waals surface area (Å²) < 4.78 is 11.1. The molecule has 0 bridgehead atoms. The summed E-state index contributed by atoms with van der Waals surface area (Å²) in [6.07, 6.45) is 2.46. The summed E-state index contributed by atoms with van der Waals surface area (Å²) in [7, 11) is 0. The van der Waals surface area contributed by atoms with Crippen LogP contribution in [0.4, 0.5) is 0 Å². The zero-order valence-corrected chi connectivity index (χ0v) is 16.5. The van der Waals surface area contributed by atoms with Crippen molar-refractivity contribution in [1.82, 2.24) is 10.2 Å². The molecule has 1 aromatic heterocycles. The topological polar surface area (TPSA) is 85.5 Å². The second-order valence-corrected chi connectivity index (χ2v) is 7.09. The van der Waals surface area contributed by atoms with Crippen molar-refractivity contribution >= 4 is 35.4 Å². The smallest absolute Gasteiger partial charge is 0.342 e. The van der Waals surface area contributed by atoms with Gasteiger partial charge in [-0.2, -0.15) is 0 Å². The maximum atomic E-state index is 11.6. The molecule has 0 saturated heterocycles. The van der Waals surface area contributed by atoms with Crippen molar-refractivity contribution in [1.29, 1.82) is 0 Å². The van der Waals surface area contributed by atoms with Crippen molar-refractivity contribution < 1.29 is 19.1 Å². The Balaban J connectivity index is 1.77. The maximum Gasteiger partial charge on any atom is 0.342 e. The summed E-state index contributed by atoms with van der Waals surface area (Å²) in [5.41, 5.74) is 1.31. The van der Waals surface area contributed by atoms with Crippen LogP contribution in [0, 0.1) is 0 Å². The van der Waals surface area contributed by atoms with Crippen molar-refractivity contribution in [3.63, 3.8) is 0 Å². The summed E-state index contributed by atoms with van der Waals surface area (Å²) in [4.78, 5) is 11.7. The Morgan fingerprint density at radius 3 is 2.64 bits per heavy atom. The van der Waals surface area contributed by atoms with E-state index >= 15 is 0 Å². The van der Waals surface area contributed by atoms with Gasteiger partial charge in [0.15, 0.2) is 0 Å². The number of carboxylic acids is 1. The van der Waals surface area contributed by atoms with Gasteiger partial charge in [0.1, 0.15) is 10.7 Å². The molecule has 3 aromatic rings. The van der Waals surface area contributed by atoms with Crippen LogP contribution in [0.2, 0.25) is 5.02 Å². The summed E-state index contributed by atoms with van der Waals surface area (Å²) in [5, 5.41) is 18.0. The first-order valence-electron chi connectivity index (χ1n) is 8.51. The zero-order valence-electron chi connectivity index (χ0n) is 15.0. The number of thioether (sulfide) groups is 1. The molecule has 0 spiro atoms. The molecule has 8 heteroatoms. The molecular formula is C20H17ClN2O4S. The van der Waals surface area contributed by atoms with Gasteiger partial charge in [-0.3, -0.25) is 0 Å². The first-order chi connectivity index (χ1) is 13.6. The van der Waals surface area contributed by atoms with E-state index < -0.39 is 5.97 Å². The molecule has 144 valence electrons. The normalized spacial score (nSPS) is 11.4. The van der Waals surface area contributed by atoms with Gasteiger partial charge in [-0.25, -0.2) is 4.79 Å². The third-order valence-electron chi connectivity index (χ3n) is 3.57. The van der Waals surface area contributed by atoms with E-state index in [-0.39, 0.29) is 16.0 Å². The minimum Gasteiger partial charge on any atom is -0.494 e. The molecule has 0 aliphatic rings. The quantitative estimate of drug-likeness (QED) is 0.388. The van der Waals surface area contributed by atoms with E-state index in [2.05, 4.69) is 10.2 Å². The number of carbonyl (C=O) groups is 1. The van der Waals surface area contributed by atoms with Gasteiger partial charge in [-0.15, -0.1) is 10.2 Å². The number of hydrogen-bond donors (Lipinski definition) is 1. The largest absolute Gasteiger partial charge is 0.494 e. The summed E-state index contributed by atoms with van der Waals surface area (Å²) >= 11 is 7.00. The van der Waals surface area contributed by atoms with Crippen LogP contribution in [-0.4, -0.2) is 27.9 Å². The summed E-state index contributed by atoms with van der Waals surface area (Å²) in [6.45, 7) is 2.67. The molecule has 0 atom stereocenters. The van der Waals surface area contributed by atoms with E-state index in [1.807, 2.05) is 6.92 Å². The fraction of sp³-hybridized carbons (Fsp3) is 0.150. The van der Waals surface area contributed by atoms with Gasteiger partial charge < -0.3 is 14.3 Å². The second-order valence-electron chi connectivity index (χ2n) is 5.69. The van der Waals surface area contributed by atoms with E-state index in [0.29, 0.717) is 17.2 Å². The van der Waals surface area contributed by atoms with Gasteiger partial charge in [0.25, 0.3) is 5.22 Å². The number of carboxylic acid groups (broad SMARTS) is 1. The average Bonchev–Trinajstić information content (AvgIpc) is 3.15. The van der Waals surface area contributed by atoms with Gasteiger partial charge in [0.05, 0.1) is 17.2 Å². The minimum atomic E-state index is -1.09. The summed E-state index contributed by atoms with van der Waals surface area (Å²) in [5.74, 6) is -0.117. The van der Waals surface area contributed by atoms with E-state index in [9.17, 15) is 9.90 Å². The molecule has 0 aliphatic heterocycles. The molecule has 0 amide bonds. The van der Waals surface area contributed by atoms with E-state index in [4.69, 9.17) is 20.8 Å². The van der Waals surface area contributed by atoms with Crippen LogP contribution >= 0.6 is 23.4 Å². The first-order valence-corrected chi connectivity index (χ1v) is 9.70. The molecule has 0 fully saturated rings. The second kappa shape index (κ2) is 9.43. The lowest BCUT2D eigenvalue weighted by Gasteiger charge is -2.04. The highest BCUT2D eigenvalue weighted by Crippen LogP contribution is 2.32. The van der Waals surface area contributed by atoms with E-state index in [1.54, 1.807) is 48.5 Å². The molecule has 0 saturated carbocycles. The van der Waals surface area contributed by atoms with Crippen LogP contribution in [0.3, 0.4) is 0 Å². The molecule has 1 N–H and O–H groups in total. The van der Waals surface area contributed by atoms with Crippen LogP contribution in [-0.2, 0) is 4.79 Å². The van der Waals surface area contributed by atoms with Crippen LogP contribution in [0.15, 0.2) is 63.1 Å². The lowest BCUT2D eigenvalue weighted by atomic mass is 10.2. The number of halogens is 1. The Hall–Kier alpha value is -2.77. The third kappa shape index (κ3) is 5.15. The fourth-order valence-corrected chi connectivity index (χ4v) is 3.14. The Labute approximate surface area is 171 Å². The van der Waals surface area contributed by atoms with Crippen molar-refractivity contribution in [2.24, 2.45) is 0 Å². The number of aliphatic carboxylic acids is 1. The summed E-state index contributed by atoms with van der Waals surface area (Å²) in [6, 6.07) is 14.2. The highest BCUT2D eigenvalue weighted by atomic mass is 35.5. The molecule has 0 unspecified atom stereocenters. The van der Waals surface area contributed by atoms with Crippen molar-refractivity contribution in [3.05, 3.63) is 64.0 Å². The number of benzene rings is 2. The minimum absolute atomic E-state index is 0.0524. The van der Waals surface area contributed by atoms with Crippen molar-refractivity contribution in [2.45, 2.75) is 18.6 Å². The Kier molecular flexibility index (Phi) is 6.73. The zero-order chi connectivity index (χ0) is 19.9. The van der Waals surface area contributed by atoms with Crippen molar-refractivity contribution in [3.8, 4) is 17.2 Å². The molecular weight excluding hydrogens is 400 g/mol. The highest BCUT2D eigenvalue weighted by Gasteiger charge is 2.17. The Bertz CT molecular complexity index is 986. The molecule has 0 radical (unpaired) electrons. The van der Waals surface area contributed by atoms with E-state index in [0.717, 1.165) is 29.5 Å². The number of aromatic nitrogens is 2. The molecule has 28 heavy (non-hydrogen) atoms. The first kappa shape index (κ1) is 20.0. The predicted octanol–water partition coefficient (Wildman–Crippen LogP) is 5.40. The van der Waals surface area contributed by atoms with Crippen LogP contribution in [0.1, 0.15) is 18.9 Å². The van der Waals surface area contributed by atoms with Gasteiger partial charge in [-0.05, 0) is 54.1 Å². The number of rotatable bonds is 8. The monoisotopic (exact) mass is 416 g/mol. The Morgan fingerprint density at radius 1 is 1.21 bits per heavy atom. The number of ether oxygens (including phenoxy) is 1. The van der Waals surface area contributed by atoms with Gasteiger partial charge in [0.2, 0.25) is 5.89 Å². The molecule has 3 rings (SSSR count). The molecule has 1 heterocycles. The molecule has 0 aliphatic carbocycles. The van der Waals surface area contributed by atoms with Crippen LogP contribution in [0.5, 0.6) is 5.75 Å². The Morgan fingerprint density at radius 2 is 1.96 bits per heavy atom. The van der Waals surface area contributed by atoms with Gasteiger partial charge in [0, 0.05) is 0 Å². The maximum absolute atomic E-state index is 11.6. The van der Waals surface area contributed by atoms with Crippen molar-refractivity contribution in [2.75, 3.05) is 6.61 Å². The van der Waals surface area contributed by atoms with Gasteiger partial charge >= 0.3 is 5.97 Å². The average molecular weight is 417 g/mol. The molecule has 2 aromatic carbocycles. The lowest BCUT2D eigenvalue weighted by Crippen LogP contribution is -1.97. The standard InChI is InChI=1S/C20H17ClN2O4S/c1-2-11-26-14-9-7-13(8-10-14)12-17(19(24)25)28-20-23-22-18(27-20)15-5-3-4-6-16(15)21/h3-10,12H,2,11H2,1H3,(H,24,25)/b17-12+. The van der Waals surface area contributed by atoms with Crippen LogP contribution in [0.25, 0.3) is 17.5 Å². The predicted molar refractivity (Wildman–Crippen MR) is 108 cm³/mol. The molecule has 6 nitrogen and oxygen atoms in total.